The van der Waals surface area contributed by atoms with Crippen LogP contribution in [0.15, 0.2) is 48.5 Å². The highest BCUT2D eigenvalue weighted by Gasteiger charge is 2.33. The molecule has 1 aliphatic heterocycles. The minimum atomic E-state index is -0.543. The minimum Gasteiger partial charge on any atom is -0.351 e. The van der Waals surface area contributed by atoms with Gasteiger partial charge in [0, 0.05) is 48.4 Å². The van der Waals surface area contributed by atoms with Gasteiger partial charge in [0.1, 0.15) is 5.82 Å². The van der Waals surface area contributed by atoms with Crippen LogP contribution in [0.2, 0.25) is 0 Å². The van der Waals surface area contributed by atoms with Gasteiger partial charge in [-0.1, -0.05) is 18.9 Å². The zero-order chi connectivity index (χ0) is 25.7. The Kier molecular flexibility index (Phi) is 7.92. The molecule has 1 aliphatic carbocycles. The lowest BCUT2D eigenvalue weighted by Crippen LogP contribution is -2.55. The lowest BCUT2D eigenvalue weighted by Gasteiger charge is -2.36. The lowest BCUT2D eigenvalue weighted by molar-refractivity contribution is -0.384. The van der Waals surface area contributed by atoms with Crippen molar-refractivity contribution < 1.29 is 23.7 Å². The Morgan fingerprint density at radius 2 is 1.61 bits per heavy atom. The van der Waals surface area contributed by atoms with Crippen molar-refractivity contribution in [3.63, 3.8) is 0 Å². The second-order valence-corrected chi connectivity index (χ2v) is 9.38. The number of carbonyl (C=O) groups is 3. The van der Waals surface area contributed by atoms with E-state index in [2.05, 4.69) is 10.6 Å². The summed E-state index contributed by atoms with van der Waals surface area (Å²) < 4.78 is 13.2. The van der Waals surface area contributed by atoms with Gasteiger partial charge in [0.25, 0.3) is 17.5 Å². The zero-order valence-electron chi connectivity index (χ0n) is 19.8. The van der Waals surface area contributed by atoms with Crippen molar-refractivity contribution in [2.24, 2.45) is 5.92 Å². The molecule has 0 unspecified atom stereocenters. The predicted molar refractivity (Wildman–Crippen MR) is 130 cm³/mol. The summed E-state index contributed by atoms with van der Waals surface area (Å²) in [4.78, 5) is 50.9. The Balaban J connectivity index is 1.37. The van der Waals surface area contributed by atoms with E-state index in [1.165, 1.54) is 48.5 Å². The van der Waals surface area contributed by atoms with Crippen molar-refractivity contribution >= 4 is 23.4 Å². The molecule has 4 rings (SSSR count). The summed E-state index contributed by atoms with van der Waals surface area (Å²) in [5.74, 6) is -1.64. The highest BCUT2D eigenvalue weighted by Crippen LogP contribution is 2.23. The van der Waals surface area contributed by atoms with Crippen LogP contribution in [0.5, 0.6) is 0 Å². The molecule has 2 aromatic carbocycles. The second kappa shape index (κ2) is 11.3. The zero-order valence-corrected chi connectivity index (χ0v) is 19.8. The number of amides is 3. The van der Waals surface area contributed by atoms with Crippen LogP contribution in [0.3, 0.4) is 0 Å². The Hall–Kier alpha value is -3.82. The average molecular weight is 497 g/mol. The van der Waals surface area contributed by atoms with E-state index in [9.17, 15) is 28.9 Å². The number of benzene rings is 2. The van der Waals surface area contributed by atoms with E-state index in [-0.39, 0.29) is 47.6 Å². The molecule has 2 aromatic rings. The van der Waals surface area contributed by atoms with Crippen LogP contribution < -0.4 is 10.6 Å². The number of nitro groups is 1. The first-order valence-electron chi connectivity index (χ1n) is 12.2. The molecule has 1 saturated carbocycles. The van der Waals surface area contributed by atoms with E-state index in [0.29, 0.717) is 24.9 Å². The first-order chi connectivity index (χ1) is 17.3. The van der Waals surface area contributed by atoms with Crippen LogP contribution >= 0.6 is 0 Å². The molecule has 0 bridgehead atoms. The summed E-state index contributed by atoms with van der Waals surface area (Å²) >= 11 is 0. The first kappa shape index (κ1) is 25.3. The molecule has 190 valence electrons. The van der Waals surface area contributed by atoms with Crippen molar-refractivity contribution in [3.05, 3.63) is 75.6 Å². The lowest BCUT2D eigenvalue weighted by atomic mass is 9.88. The summed E-state index contributed by atoms with van der Waals surface area (Å²) in [6.07, 6.45) is 4.58. The van der Waals surface area contributed by atoms with Crippen molar-refractivity contribution in [3.8, 4) is 0 Å². The number of piperidine rings is 1. The first-order valence-corrected chi connectivity index (χ1v) is 12.2. The third kappa shape index (κ3) is 6.05. The van der Waals surface area contributed by atoms with Gasteiger partial charge >= 0.3 is 0 Å². The maximum absolute atomic E-state index is 13.2. The van der Waals surface area contributed by atoms with E-state index in [1.807, 2.05) is 0 Å². The van der Waals surface area contributed by atoms with Gasteiger partial charge in [0.15, 0.2) is 0 Å². The molecule has 3 amide bonds. The van der Waals surface area contributed by atoms with Gasteiger partial charge in [-0.05, 0) is 56.0 Å². The van der Waals surface area contributed by atoms with Crippen LogP contribution in [-0.4, -0.2) is 52.7 Å². The largest absolute Gasteiger partial charge is 0.351 e. The van der Waals surface area contributed by atoms with E-state index in [0.717, 1.165) is 25.7 Å². The molecular formula is C26H29FN4O5. The fraction of sp³-hybridized carbons (Fsp3) is 0.423. The normalized spacial score (nSPS) is 21.9. The van der Waals surface area contributed by atoms with Gasteiger partial charge in [0.05, 0.1) is 10.8 Å². The van der Waals surface area contributed by atoms with Gasteiger partial charge in [-0.3, -0.25) is 24.5 Å². The Morgan fingerprint density at radius 1 is 0.917 bits per heavy atom. The maximum atomic E-state index is 13.2. The molecule has 2 aliphatic rings. The highest BCUT2D eigenvalue weighted by molar-refractivity contribution is 5.95. The topological polar surface area (TPSA) is 122 Å². The standard InChI is InChI=1S/C26H29FN4O5/c27-20-12-10-17(11-13-20)24(32)28-22-8-1-2-9-23(22)29-25(33)19-6-4-14-30(16-19)26(34)18-5-3-7-21(15-18)31(35)36/h3,5,7,10-13,15,19,22-23H,1-2,4,6,8-9,14,16H2,(H,28,32)(H,29,33)/t19-,22-,23-/m1/s1. The second-order valence-electron chi connectivity index (χ2n) is 9.38. The highest BCUT2D eigenvalue weighted by atomic mass is 19.1. The Bertz CT molecular complexity index is 1140. The van der Waals surface area contributed by atoms with Gasteiger partial charge < -0.3 is 15.5 Å². The molecule has 0 aromatic heterocycles. The number of nitrogens with one attached hydrogen (secondary N) is 2. The molecule has 2 fully saturated rings. The average Bonchev–Trinajstić information content (AvgIpc) is 2.89. The molecule has 36 heavy (non-hydrogen) atoms. The predicted octanol–water partition coefficient (Wildman–Crippen LogP) is 3.44. The van der Waals surface area contributed by atoms with Crippen LogP contribution in [0.25, 0.3) is 0 Å². The number of carbonyl (C=O) groups excluding carboxylic acids is 3. The van der Waals surface area contributed by atoms with Crippen LogP contribution in [-0.2, 0) is 4.79 Å². The summed E-state index contributed by atoms with van der Waals surface area (Å²) in [5, 5.41) is 17.1. The van der Waals surface area contributed by atoms with Crippen LogP contribution in [0.4, 0.5) is 10.1 Å². The molecule has 0 spiro atoms. The number of likely N-dealkylation sites (tertiary alicyclic amines) is 1. The van der Waals surface area contributed by atoms with Crippen LogP contribution in [0.1, 0.15) is 59.2 Å². The summed E-state index contributed by atoms with van der Waals surface area (Å²) in [6.45, 7) is 0.706. The van der Waals surface area contributed by atoms with E-state index < -0.39 is 16.7 Å². The summed E-state index contributed by atoms with van der Waals surface area (Å²) in [6, 6.07) is 10.4. The van der Waals surface area contributed by atoms with Crippen molar-refractivity contribution in [2.45, 2.75) is 50.6 Å². The van der Waals surface area contributed by atoms with Gasteiger partial charge in [-0.25, -0.2) is 4.39 Å². The summed E-state index contributed by atoms with van der Waals surface area (Å²) in [7, 11) is 0. The number of nitro benzene ring substituents is 1. The number of rotatable bonds is 6. The van der Waals surface area contributed by atoms with Crippen molar-refractivity contribution in [1.82, 2.24) is 15.5 Å². The third-order valence-electron chi connectivity index (χ3n) is 6.90. The molecule has 2 N–H and O–H groups in total. The Morgan fingerprint density at radius 3 is 2.31 bits per heavy atom. The number of hydrogen-bond acceptors (Lipinski definition) is 5. The van der Waals surface area contributed by atoms with E-state index >= 15 is 0 Å². The Labute approximate surface area is 208 Å². The molecule has 1 saturated heterocycles. The number of non-ortho nitro benzene ring substituents is 1. The molecule has 10 heteroatoms. The molecular weight excluding hydrogens is 467 g/mol. The molecule has 3 atom stereocenters. The number of hydrogen-bond donors (Lipinski definition) is 2. The molecule has 9 nitrogen and oxygen atoms in total. The summed E-state index contributed by atoms with van der Waals surface area (Å²) in [5.41, 5.74) is 0.425. The number of nitrogens with zero attached hydrogens (tertiary/aromatic N) is 2. The van der Waals surface area contributed by atoms with Crippen molar-refractivity contribution in [1.29, 1.82) is 0 Å². The number of halogens is 1. The van der Waals surface area contributed by atoms with E-state index in [4.69, 9.17) is 0 Å². The van der Waals surface area contributed by atoms with Gasteiger partial charge in [-0.2, -0.15) is 0 Å². The van der Waals surface area contributed by atoms with Crippen molar-refractivity contribution in [2.75, 3.05) is 13.1 Å². The molecule has 1 heterocycles. The SMILES string of the molecule is O=C(N[C@@H]1CCCC[C@H]1NC(=O)[C@@H]1CCCN(C(=O)c2cccc([N+](=O)[O-])c2)C1)c1ccc(F)cc1. The smallest absolute Gasteiger partial charge is 0.270 e. The maximum Gasteiger partial charge on any atom is 0.270 e. The van der Waals surface area contributed by atoms with Crippen LogP contribution in [0, 0.1) is 21.8 Å². The quantitative estimate of drug-likeness (QED) is 0.469. The van der Waals surface area contributed by atoms with E-state index in [1.54, 1.807) is 4.90 Å². The van der Waals surface area contributed by atoms with Gasteiger partial charge in [0.2, 0.25) is 5.91 Å². The third-order valence-corrected chi connectivity index (χ3v) is 6.90. The monoisotopic (exact) mass is 496 g/mol. The fourth-order valence-corrected chi connectivity index (χ4v) is 4.94. The van der Waals surface area contributed by atoms with Gasteiger partial charge in [-0.15, -0.1) is 0 Å². The minimum absolute atomic E-state index is 0.154. The molecule has 0 radical (unpaired) electrons. The fourth-order valence-electron chi connectivity index (χ4n) is 4.94.